The van der Waals surface area contributed by atoms with E-state index in [1.54, 1.807) is 30.7 Å². The van der Waals surface area contributed by atoms with Crippen LogP contribution in [-0.4, -0.2) is 54.6 Å². The number of fused-ring (bicyclic) bond motifs is 8. The van der Waals surface area contributed by atoms with Gasteiger partial charge >= 0.3 is 25.4 Å². The van der Waals surface area contributed by atoms with Crippen molar-refractivity contribution in [3.8, 4) is 41.3 Å². The van der Waals surface area contributed by atoms with Gasteiger partial charge in [-0.15, -0.1) is 22.1 Å². The van der Waals surface area contributed by atoms with Gasteiger partial charge in [0.2, 0.25) is 0 Å². The summed E-state index contributed by atoms with van der Waals surface area (Å²) in [7, 11) is 0. The van der Waals surface area contributed by atoms with Crippen LogP contribution >= 0.6 is 0 Å². The number of hydrogen-bond donors (Lipinski definition) is 0. The van der Waals surface area contributed by atoms with E-state index in [1.165, 1.54) is 11.8 Å². The molecule has 7 aromatic rings. The summed E-state index contributed by atoms with van der Waals surface area (Å²) in [5, 5.41) is 0. The van der Waals surface area contributed by atoms with Crippen LogP contribution < -0.4 is 14.7 Å². The van der Waals surface area contributed by atoms with Crippen LogP contribution in [0, 0.1) is 35.5 Å². The van der Waals surface area contributed by atoms with E-state index in [9.17, 15) is 4.79 Å². The van der Waals surface area contributed by atoms with Gasteiger partial charge in [0.05, 0.1) is 34.9 Å². The molecule has 8 bridgehead atoms. The van der Waals surface area contributed by atoms with Gasteiger partial charge in [-0.1, -0.05) is 60.2 Å². The maximum atomic E-state index is 12.6. The monoisotopic (exact) mass is 998 g/mol. The molecule has 0 amide bonds. The van der Waals surface area contributed by atoms with E-state index >= 15 is 0 Å². The fraction of sp³-hybridized carbons (Fsp3) is 0.186. The molecule has 0 unspecified atom stereocenters. The van der Waals surface area contributed by atoms with Gasteiger partial charge in [0, 0.05) is 35.3 Å². The fourth-order valence-corrected chi connectivity index (χ4v) is 8.39. The molecule has 0 N–H and O–H groups in total. The number of thiol groups is 1. The number of esters is 1. The molecule has 0 radical (unpaired) electrons. The Bertz CT molecular complexity index is 3400. The minimum Gasteiger partial charge on any atom is -0.656 e. The minimum absolute atomic E-state index is 0. The van der Waals surface area contributed by atoms with Gasteiger partial charge in [-0.05, 0) is 167 Å². The maximum Gasteiger partial charge on any atom is 2.00 e. The van der Waals surface area contributed by atoms with Crippen molar-refractivity contribution in [2.75, 3.05) is 19.0 Å². The molecule has 0 saturated carbocycles. The van der Waals surface area contributed by atoms with E-state index < -0.39 is 0 Å². The standard InChI is InChI=1S/C59H47N7O3S.Zn/c1-59(2,3)70-40-39-69-58(67)41-17-22-45(23-18-41)68-38-12-4-5-16-46-50-27-29-52(63-50)47(24-19-42-13-6-9-35-60-42)54-31-33-56(65-54)49(26-21-44-15-8-11-37-62-44)57-34-32-55(66-57)48(53-30-28-51(46)64-53)25-20-43-14-7-10-36-61-43;/h6-11,13-15,17-18,22-23,27-37H,4-5,12,16,38-40H2,1-3H3;/q-2;+2/p+1. The average molecular weight is 1000 g/mol. The Morgan fingerprint density at radius 3 is 1.52 bits per heavy atom. The van der Waals surface area contributed by atoms with E-state index in [-0.39, 0.29) is 30.2 Å². The summed E-state index contributed by atoms with van der Waals surface area (Å²) in [5.41, 5.74) is 10.8. The molecule has 344 valence electrons. The van der Waals surface area contributed by atoms with Crippen molar-refractivity contribution in [1.29, 1.82) is 0 Å². The van der Waals surface area contributed by atoms with Crippen LogP contribution in [0.5, 0.6) is 5.75 Å². The Morgan fingerprint density at radius 2 is 1.03 bits per heavy atom. The number of carbonyl (C=O) groups excluding carboxylic acids is 1. The Morgan fingerprint density at radius 1 is 0.549 bits per heavy atom. The van der Waals surface area contributed by atoms with Gasteiger partial charge in [-0.3, -0.25) is 0 Å². The molecule has 0 fully saturated rings. The van der Waals surface area contributed by atoms with Crippen LogP contribution in [0.1, 0.15) is 113 Å². The molecular formula is C59H48N7O3SZn+. The number of aryl methyl sites for hydroxylation is 1. The molecule has 2 aliphatic rings. The number of carbonyl (C=O) groups is 1. The Labute approximate surface area is 431 Å². The van der Waals surface area contributed by atoms with Gasteiger partial charge in [0.15, 0.2) is 0 Å². The number of pyridine rings is 3. The van der Waals surface area contributed by atoms with Gasteiger partial charge in [0.25, 0.3) is 0 Å². The smallest absolute Gasteiger partial charge is 0.656 e. The Kier molecular flexibility index (Phi) is 16.5. The molecule has 6 aromatic heterocycles. The Balaban J connectivity index is 0.00000676. The number of hydrogen-bond acceptors (Lipinski definition) is 8. The molecule has 0 spiro atoms. The zero-order valence-electron chi connectivity index (χ0n) is 39.8. The third-order valence-electron chi connectivity index (χ3n) is 11.0. The SMILES string of the molecule is CC(C)(C)[SH+]CCOC(=O)c1ccc(OCCCCCc2c3nc(c(C#Cc4ccccn4)c4ccc([n-]4)c(C#Cc4ccccn4)c4nc(c(C#Cc5ccccn5)c5ccc2[n-]5)C=C4)C=C3)cc1.[Zn+2]. The van der Waals surface area contributed by atoms with E-state index in [0.717, 1.165) is 41.8 Å². The molecule has 8 heterocycles. The molecule has 10 nitrogen and oxygen atoms in total. The van der Waals surface area contributed by atoms with Crippen molar-refractivity contribution in [1.82, 2.24) is 34.9 Å². The van der Waals surface area contributed by atoms with Crippen molar-refractivity contribution >= 4 is 64.1 Å². The summed E-state index contributed by atoms with van der Waals surface area (Å²) >= 11 is 1.25. The number of ether oxygens (including phenoxy) is 2. The molecular weight excluding hydrogens is 952 g/mol. The van der Waals surface area contributed by atoms with Crippen molar-refractivity contribution in [2.24, 2.45) is 0 Å². The summed E-state index contributed by atoms with van der Waals surface area (Å²) in [6.07, 6.45) is 16.4. The van der Waals surface area contributed by atoms with E-state index in [0.29, 0.717) is 98.4 Å². The first-order valence-electron chi connectivity index (χ1n) is 23.1. The summed E-state index contributed by atoms with van der Waals surface area (Å²) in [5.74, 6) is 21.0. The molecule has 1 aromatic carbocycles. The van der Waals surface area contributed by atoms with Crippen molar-refractivity contribution in [2.45, 2.75) is 51.2 Å². The van der Waals surface area contributed by atoms with E-state index in [4.69, 9.17) is 29.4 Å². The number of aromatic nitrogens is 7. The van der Waals surface area contributed by atoms with Crippen LogP contribution in [-0.2, 0) is 42.4 Å². The molecule has 9 rings (SSSR count). The fourth-order valence-electron chi connectivity index (χ4n) is 7.54. The minimum atomic E-state index is -0.322. The summed E-state index contributed by atoms with van der Waals surface area (Å²) < 4.78 is 11.8. The first kappa shape index (κ1) is 49.6. The predicted octanol–water partition coefficient (Wildman–Crippen LogP) is 9.86. The van der Waals surface area contributed by atoms with Gasteiger partial charge in [-0.2, -0.15) is 0 Å². The van der Waals surface area contributed by atoms with Gasteiger partial charge in [0.1, 0.15) is 39.9 Å². The summed E-state index contributed by atoms with van der Waals surface area (Å²) in [6.45, 7) is 7.44. The van der Waals surface area contributed by atoms with Gasteiger partial charge in [-0.25, -0.2) is 29.7 Å². The molecule has 12 heteroatoms. The second kappa shape index (κ2) is 23.7. The summed E-state index contributed by atoms with van der Waals surface area (Å²) in [4.78, 5) is 46.8. The van der Waals surface area contributed by atoms with E-state index in [2.05, 4.69) is 71.2 Å². The number of benzene rings is 1. The van der Waals surface area contributed by atoms with Crippen molar-refractivity contribution < 1.29 is 33.7 Å². The number of nitrogens with zero attached hydrogens (tertiary/aromatic N) is 7. The third-order valence-corrected chi connectivity index (χ3v) is 12.4. The van der Waals surface area contributed by atoms with Crippen molar-refractivity contribution in [3.63, 3.8) is 0 Å². The van der Waals surface area contributed by atoms with Crippen LogP contribution in [0.2, 0.25) is 0 Å². The quantitative estimate of drug-likeness (QED) is 0.0309. The molecule has 0 aliphatic carbocycles. The van der Waals surface area contributed by atoms with Crippen molar-refractivity contribution in [3.05, 3.63) is 189 Å². The largest absolute Gasteiger partial charge is 2.00 e. The van der Waals surface area contributed by atoms with Crippen LogP contribution in [0.25, 0.3) is 46.4 Å². The molecule has 2 aliphatic heterocycles. The average Bonchev–Trinajstić information content (AvgIpc) is 4.24. The summed E-state index contributed by atoms with van der Waals surface area (Å²) in [6, 6.07) is 32.0. The second-order valence-electron chi connectivity index (χ2n) is 17.2. The van der Waals surface area contributed by atoms with Crippen LogP contribution in [0.3, 0.4) is 0 Å². The predicted molar refractivity (Wildman–Crippen MR) is 281 cm³/mol. The third kappa shape index (κ3) is 13.3. The first-order chi connectivity index (χ1) is 34.2. The van der Waals surface area contributed by atoms with Crippen LogP contribution in [0.4, 0.5) is 0 Å². The molecule has 71 heavy (non-hydrogen) atoms. The van der Waals surface area contributed by atoms with Gasteiger partial charge < -0.3 is 19.4 Å². The zero-order chi connectivity index (χ0) is 48.1. The number of unbranched alkanes of at least 4 members (excludes halogenated alkanes) is 2. The number of rotatable bonds is 11. The topological polar surface area (TPSA) is 128 Å². The second-order valence-corrected chi connectivity index (χ2v) is 19.3. The van der Waals surface area contributed by atoms with Crippen LogP contribution in [0.15, 0.2) is 122 Å². The first-order valence-corrected chi connectivity index (χ1v) is 24.2. The molecule has 0 saturated heterocycles. The normalized spacial score (nSPS) is 11.3. The maximum absolute atomic E-state index is 12.6. The van der Waals surface area contributed by atoms with E-state index in [1.807, 2.05) is 115 Å². The zero-order valence-corrected chi connectivity index (χ0v) is 43.7. The Hall–Kier alpha value is -7.81. The molecule has 0 atom stereocenters.